The van der Waals surface area contributed by atoms with E-state index in [4.69, 9.17) is 5.73 Å². The minimum absolute atomic E-state index is 0.220. The zero-order chi connectivity index (χ0) is 12.1. The van der Waals surface area contributed by atoms with Gasteiger partial charge in [0, 0.05) is 11.4 Å². The van der Waals surface area contributed by atoms with Gasteiger partial charge >= 0.3 is 0 Å². The van der Waals surface area contributed by atoms with Crippen LogP contribution in [0, 0.1) is 0 Å². The molecule has 0 spiro atoms. The Hall–Kier alpha value is -1.82. The van der Waals surface area contributed by atoms with Gasteiger partial charge in [0.1, 0.15) is 6.33 Å². The van der Waals surface area contributed by atoms with Crippen molar-refractivity contribution in [2.24, 2.45) is 0 Å². The monoisotopic (exact) mass is 247 g/mol. The van der Waals surface area contributed by atoms with Crippen LogP contribution in [-0.4, -0.2) is 21.5 Å². The predicted octanol–water partition coefficient (Wildman–Crippen LogP) is 1.40. The lowest BCUT2D eigenvalue weighted by Gasteiger charge is -2.06. The standard InChI is InChI=1S/C11H13N5S/c12-10-14-7-15-11(16-10)13-6-5-8-3-1-2-4-9(8)17/h1-4,7,17H,5-6H2,(H3,12,13,14,15,16). The van der Waals surface area contributed by atoms with E-state index in [0.29, 0.717) is 5.95 Å². The highest BCUT2D eigenvalue weighted by Crippen LogP contribution is 2.13. The number of nitrogen functional groups attached to an aromatic ring is 1. The van der Waals surface area contributed by atoms with Crippen molar-refractivity contribution >= 4 is 24.5 Å². The molecule has 88 valence electrons. The second-order valence-electron chi connectivity index (χ2n) is 3.47. The summed E-state index contributed by atoms with van der Waals surface area (Å²) < 4.78 is 0. The molecular formula is C11H13N5S. The lowest BCUT2D eigenvalue weighted by Crippen LogP contribution is -2.09. The molecule has 1 aromatic heterocycles. The summed E-state index contributed by atoms with van der Waals surface area (Å²) in [5.74, 6) is 0.714. The minimum Gasteiger partial charge on any atom is -0.368 e. The van der Waals surface area contributed by atoms with Gasteiger partial charge in [-0.15, -0.1) is 12.6 Å². The molecule has 2 rings (SSSR count). The number of rotatable bonds is 4. The number of hydrogen-bond acceptors (Lipinski definition) is 6. The van der Waals surface area contributed by atoms with Gasteiger partial charge in [-0.25, -0.2) is 9.97 Å². The summed E-state index contributed by atoms with van der Waals surface area (Å²) in [7, 11) is 0. The Kier molecular flexibility index (Phi) is 3.77. The van der Waals surface area contributed by atoms with Crippen LogP contribution >= 0.6 is 12.6 Å². The summed E-state index contributed by atoms with van der Waals surface area (Å²) in [4.78, 5) is 12.6. The van der Waals surface area contributed by atoms with Gasteiger partial charge in [-0.1, -0.05) is 18.2 Å². The highest BCUT2D eigenvalue weighted by molar-refractivity contribution is 7.80. The zero-order valence-corrected chi connectivity index (χ0v) is 10.1. The van der Waals surface area contributed by atoms with Crippen LogP contribution in [0.2, 0.25) is 0 Å². The fourth-order valence-electron chi connectivity index (χ4n) is 1.43. The van der Waals surface area contributed by atoms with Gasteiger partial charge in [0.25, 0.3) is 0 Å². The van der Waals surface area contributed by atoms with Crippen molar-refractivity contribution in [3.05, 3.63) is 36.2 Å². The smallest absolute Gasteiger partial charge is 0.227 e. The average Bonchev–Trinajstić information content (AvgIpc) is 2.32. The number of benzene rings is 1. The molecule has 0 aliphatic carbocycles. The maximum atomic E-state index is 5.45. The summed E-state index contributed by atoms with van der Waals surface area (Å²) in [6, 6.07) is 7.98. The molecule has 0 amide bonds. The van der Waals surface area contributed by atoms with E-state index in [2.05, 4.69) is 32.9 Å². The summed E-state index contributed by atoms with van der Waals surface area (Å²) in [6.45, 7) is 0.723. The Morgan fingerprint density at radius 1 is 1.24 bits per heavy atom. The lowest BCUT2D eigenvalue weighted by atomic mass is 10.1. The maximum Gasteiger partial charge on any atom is 0.227 e. The van der Waals surface area contributed by atoms with E-state index in [1.807, 2.05) is 24.3 Å². The molecule has 6 heteroatoms. The molecule has 1 aromatic carbocycles. The molecule has 0 unspecified atom stereocenters. The van der Waals surface area contributed by atoms with E-state index in [-0.39, 0.29) is 5.95 Å². The number of aromatic nitrogens is 3. The number of nitrogens with one attached hydrogen (secondary N) is 1. The van der Waals surface area contributed by atoms with Gasteiger partial charge in [-0.05, 0) is 18.1 Å². The van der Waals surface area contributed by atoms with Gasteiger partial charge < -0.3 is 11.1 Å². The second-order valence-corrected chi connectivity index (χ2v) is 3.95. The number of anilines is 2. The zero-order valence-electron chi connectivity index (χ0n) is 9.17. The topological polar surface area (TPSA) is 76.7 Å². The molecule has 0 aliphatic heterocycles. The van der Waals surface area contributed by atoms with Crippen molar-refractivity contribution in [1.29, 1.82) is 0 Å². The van der Waals surface area contributed by atoms with E-state index < -0.39 is 0 Å². The van der Waals surface area contributed by atoms with Crippen LogP contribution in [0.1, 0.15) is 5.56 Å². The molecule has 3 N–H and O–H groups in total. The Labute approximate surface area is 105 Å². The van der Waals surface area contributed by atoms with E-state index in [9.17, 15) is 0 Å². The summed E-state index contributed by atoms with van der Waals surface area (Å²) in [5, 5.41) is 3.09. The third kappa shape index (κ3) is 3.32. The Bertz CT molecular complexity index is 503. The Morgan fingerprint density at radius 2 is 2.06 bits per heavy atom. The van der Waals surface area contributed by atoms with Crippen molar-refractivity contribution in [2.75, 3.05) is 17.6 Å². The quantitative estimate of drug-likeness (QED) is 0.712. The first-order chi connectivity index (χ1) is 8.25. The molecule has 5 nitrogen and oxygen atoms in total. The maximum absolute atomic E-state index is 5.45. The van der Waals surface area contributed by atoms with Crippen LogP contribution in [0.25, 0.3) is 0 Å². The van der Waals surface area contributed by atoms with Crippen molar-refractivity contribution in [3.8, 4) is 0 Å². The van der Waals surface area contributed by atoms with Crippen molar-refractivity contribution in [2.45, 2.75) is 11.3 Å². The van der Waals surface area contributed by atoms with E-state index in [0.717, 1.165) is 17.9 Å². The first-order valence-electron chi connectivity index (χ1n) is 5.21. The highest BCUT2D eigenvalue weighted by Gasteiger charge is 1.99. The molecule has 0 bridgehead atoms. The average molecular weight is 247 g/mol. The molecule has 0 radical (unpaired) electrons. The predicted molar refractivity (Wildman–Crippen MR) is 70.1 cm³/mol. The van der Waals surface area contributed by atoms with Crippen LogP contribution in [0.3, 0.4) is 0 Å². The van der Waals surface area contributed by atoms with Gasteiger partial charge in [-0.3, -0.25) is 0 Å². The van der Waals surface area contributed by atoms with Gasteiger partial charge in [0.15, 0.2) is 0 Å². The lowest BCUT2D eigenvalue weighted by molar-refractivity contribution is 0.951. The van der Waals surface area contributed by atoms with Crippen molar-refractivity contribution in [1.82, 2.24) is 15.0 Å². The van der Waals surface area contributed by atoms with E-state index >= 15 is 0 Å². The van der Waals surface area contributed by atoms with Gasteiger partial charge in [0.2, 0.25) is 11.9 Å². The van der Waals surface area contributed by atoms with Crippen LogP contribution < -0.4 is 11.1 Å². The van der Waals surface area contributed by atoms with Crippen LogP contribution in [0.5, 0.6) is 0 Å². The second kappa shape index (κ2) is 5.49. The highest BCUT2D eigenvalue weighted by atomic mass is 32.1. The van der Waals surface area contributed by atoms with Gasteiger partial charge in [0.05, 0.1) is 0 Å². The van der Waals surface area contributed by atoms with Crippen molar-refractivity contribution < 1.29 is 0 Å². The Balaban J connectivity index is 1.90. The molecule has 17 heavy (non-hydrogen) atoms. The number of nitrogens with two attached hydrogens (primary N) is 1. The Morgan fingerprint density at radius 3 is 2.82 bits per heavy atom. The fourth-order valence-corrected chi connectivity index (χ4v) is 1.70. The summed E-state index contributed by atoms with van der Waals surface area (Å²) >= 11 is 4.39. The van der Waals surface area contributed by atoms with E-state index in [1.165, 1.54) is 11.9 Å². The SMILES string of the molecule is Nc1ncnc(NCCc2ccccc2S)n1. The fraction of sp³-hybridized carbons (Fsp3) is 0.182. The number of nitrogens with zero attached hydrogens (tertiary/aromatic N) is 3. The van der Waals surface area contributed by atoms with E-state index in [1.54, 1.807) is 0 Å². The molecule has 0 saturated heterocycles. The van der Waals surface area contributed by atoms with Crippen LogP contribution in [0.4, 0.5) is 11.9 Å². The minimum atomic E-state index is 0.220. The van der Waals surface area contributed by atoms with Gasteiger partial charge in [-0.2, -0.15) is 4.98 Å². The van der Waals surface area contributed by atoms with Crippen molar-refractivity contribution in [3.63, 3.8) is 0 Å². The molecule has 0 fully saturated rings. The third-order valence-corrected chi connectivity index (χ3v) is 2.70. The molecule has 0 atom stereocenters. The largest absolute Gasteiger partial charge is 0.368 e. The molecule has 0 saturated carbocycles. The molecule has 2 aromatic rings. The number of hydrogen-bond donors (Lipinski definition) is 3. The third-order valence-electron chi connectivity index (χ3n) is 2.26. The van der Waals surface area contributed by atoms with Crippen LogP contribution in [0.15, 0.2) is 35.5 Å². The molecule has 0 aliphatic rings. The molecule has 1 heterocycles. The first kappa shape index (κ1) is 11.7. The summed E-state index contributed by atoms with van der Waals surface area (Å²) in [5.41, 5.74) is 6.64. The normalized spacial score (nSPS) is 10.2. The van der Waals surface area contributed by atoms with Crippen LogP contribution in [-0.2, 0) is 6.42 Å². The first-order valence-corrected chi connectivity index (χ1v) is 5.65. The number of thiol groups is 1. The molecular weight excluding hydrogens is 234 g/mol. The summed E-state index contributed by atoms with van der Waals surface area (Å²) in [6.07, 6.45) is 2.24.